The number of carbonyl (C=O) groups excluding carboxylic acids is 2. The van der Waals surface area contributed by atoms with E-state index in [0.29, 0.717) is 22.3 Å². The number of nitrogens with one attached hydrogen (secondary N) is 1. The van der Waals surface area contributed by atoms with E-state index in [4.69, 9.17) is 11.6 Å². The highest BCUT2D eigenvalue weighted by Crippen LogP contribution is 2.36. The van der Waals surface area contributed by atoms with Gasteiger partial charge in [-0.2, -0.15) is 13.2 Å². The molecule has 0 aliphatic heterocycles. The molecule has 12 heteroatoms. The highest BCUT2D eigenvalue weighted by Gasteiger charge is 2.45. The fourth-order valence-electron chi connectivity index (χ4n) is 3.07. The Balaban J connectivity index is 1.91. The van der Waals surface area contributed by atoms with Gasteiger partial charge in [-0.25, -0.2) is 9.78 Å². The van der Waals surface area contributed by atoms with Crippen LogP contribution in [0.5, 0.6) is 0 Å². The predicted molar refractivity (Wildman–Crippen MR) is 132 cm³/mol. The Kier molecular flexibility index (Phi) is 11.5. The minimum Gasteiger partial charge on any atom is -0.385 e. The summed E-state index contributed by atoms with van der Waals surface area (Å²) < 4.78 is 40.2. The minimum absolute atomic E-state index is 0.0801. The van der Waals surface area contributed by atoms with Gasteiger partial charge in [0.2, 0.25) is 0 Å². The molecule has 1 N–H and O–H groups in total. The lowest BCUT2D eigenvalue weighted by Gasteiger charge is -2.20. The van der Waals surface area contributed by atoms with Crippen molar-refractivity contribution in [2.24, 2.45) is 0 Å². The summed E-state index contributed by atoms with van der Waals surface area (Å²) in [7, 11) is 0. The predicted octanol–water partition coefficient (Wildman–Crippen LogP) is 6.54. The lowest BCUT2D eigenvalue weighted by molar-refractivity contribution is -0.202. The van der Waals surface area contributed by atoms with E-state index < -0.39 is 22.9 Å². The summed E-state index contributed by atoms with van der Waals surface area (Å²) in [6.45, 7) is 5.58. The quantitative estimate of drug-likeness (QED) is 0.131. The minimum atomic E-state index is -5.23. The second-order valence-electron chi connectivity index (χ2n) is 8.40. The second kappa shape index (κ2) is 13.6. The highest BCUT2D eigenvalue weighted by atomic mass is 35.5. The van der Waals surface area contributed by atoms with Gasteiger partial charge in [0.25, 0.3) is 0 Å². The number of carbonyl (C=O) groups is 2. The molecule has 2 rings (SSSR count). The standard InChI is InChI=1S/C23H29ClF3N3O3S2/c1-4-5-6-7-8-17(18-10-9-15(24)13-29-18)28-12-11-16-14-34-21(30-16)35-22(2,3)19(31)33-20(32)23(25,26)27/h9-10,13-14,17,28H,4-8,11-12H2,1-3H3. The summed E-state index contributed by atoms with van der Waals surface area (Å²) in [5.74, 6) is -3.80. The molecule has 0 radical (unpaired) electrons. The fourth-order valence-corrected chi connectivity index (χ4v) is 5.45. The van der Waals surface area contributed by atoms with E-state index in [1.807, 2.05) is 17.5 Å². The molecule has 2 aromatic rings. The van der Waals surface area contributed by atoms with Gasteiger partial charge in [-0.1, -0.05) is 56.0 Å². The van der Waals surface area contributed by atoms with Gasteiger partial charge in [-0.15, -0.1) is 11.3 Å². The van der Waals surface area contributed by atoms with E-state index in [1.54, 1.807) is 6.20 Å². The number of rotatable bonds is 13. The van der Waals surface area contributed by atoms with Gasteiger partial charge < -0.3 is 10.1 Å². The van der Waals surface area contributed by atoms with Crippen molar-refractivity contribution in [1.82, 2.24) is 15.3 Å². The van der Waals surface area contributed by atoms with Crippen molar-refractivity contribution >= 4 is 46.6 Å². The van der Waals surface area contributed by atoms with Crippen molar-refractivity contribution in [2.45, 2.75) is 80.6 Å². The Bertz CT molecular complexity index is 969. The highest BCUT2D eigenvalue weighted by molar-refractivity contribution is 8.03. The molecule has 0 spiro atoms. The first kappa shape index (κ1) is 29.5. The van der Waals surface area contributed by atoms with Crippen molar-refractivity contribution in [3.63, 3.8) is 0 Å². The molecule has 2 aromatic heterocycles. The number of unbranched alkanes of at least 4 members (excludes halogenated alkanes) is 3. The van der Waals surface area contributed by atoms with Crippen LogP contribution in [0.3, 0.4) is 0 Å². The molecule has 1 unspecified atom stereocenters. The summed E-state index contributed by atoms with van der Waals surface area (Å²) in [5, 5.41) is 5.95. The molecule has 0 aliphatic rings. The van der Waals surface area contributed by atoms with Crippen LogP contribution in [0.25, 0.3) is 0 Å². The number of thioether (sulfide) groups is 1. The van der Waals surface area contributed by atoms with Crippen molar-refractivity contribution in [3.05, 3.63) is 40.1 Å². The van der Waals surface area contributed by atoms with Crippen LogP contribution >= 0.6 is 34.7 Å². The van der Waals surface area contributed by atoms with Crippen LogP contribution in [0.15, 0.2) is 28.0 Å². The van der Waals surface area contributed by atoms with Crippen LogP contribution in [-0.2, 0) is 20.7 Å². The summed E-state index contributed by atoms with van der Waals surface area (Å²) in [6, 6.07) is 3.82. The number of nitrogens with zero attached hydrogens (tertiary/aromatic N) is 2. The third-order valence-electron chi connectivity index (χ3n) is 5.01. The van der Waals surface area contributed by atoms with Gasteiger partial charge in [0, 0.05) is 30.6 Å². The lowest BCUT2D eigenvalue weighted by Crippen LogP contribution is -2.36. The maximum atomic E-state index is 12.4. The molecule has 2 heterocycles. The lowest BCUT2D eigenvalue weighted by atomic mass is 10.0. The zero-order valence-corrected chi connectivity index (χ0v) is 22.2. The largest absolute Gasteiger partial charge is 0.491 e. The van der Waals surface area contributed by atoms with Gasteiger partial charge >= 0.3 is 18.1 Å². The molecule has 1 atom stereocenters. The van der Waals surface area contributed by atoms with Crippen molar-refractivity contribution in [1.29, 1.82) is 0 Å². The zero-order valence-electron chi connectivity index (χ0n) is 19.8. The normalized spacial score (nSPS) is 13.0. The Labute approximate surface area is 216 Å². The number of alkyl halides is 3. The van der Waals surface area contributed by atoms with E-state index in [0.717, 1.165) is 48.8 Å². The third kappa shape index (κ3) is 10.1. The maximum Gasteiger partial charge on any atom is 0.491 e. The van der Waals surface area contributed by atoms with Gasteiger partial charge in [-0.05, 0) is 32.4 Å². The van der Waals surface area contributed by atoms with Gasteiger partial charge in [0.1, 0.15) is 4.75 Å². The SMILES string of the molecule is CCCCCCC(NCCc1csc(SC(C)(C)C(=O)OC(=O)C(F)(F)F)n1)c1ccc(Cl)cn1. The fraction of sp³-hybridized carbons (Fsp3) is 0.565. The maximum absolute atomic E-state index is 12.4. The molecule has 0 amide bonds. The van der Waals surface area contributed by atoms with Gasteiger partial charge in [-0.3, -0.25) is 9.78 Å². The molecule has 194 valence electrons. The first-order valence-corrected chi connectivity index (χ1v) is 13.3. The molecule has 6 nitrogen and oxygen atoms in total. The van der Waals surface area contributed by atoms with Crippen LogP contribution in [0, 0.1) is 0 Å². The molecule has 0 aromatic carbocycles. The number of esters is 2. The molecule has 0 saturated heterocycles. The smallest absolute Gasteiger partial charge is 0.385 e. The molecule has 0 saturated carbocycles. The van der Waals surface area contributed by atoms with Crippen LogP contribution in [0.4, 0.5) is 13.2 Å². The first-order valence-electron chi connectivity index (χ1n) is 11.2. The Morgan fingerprint density at radius 2 is 1.94 bits per heavy atom. The van der Waals surface area contributed by atoms with E-state index in [9.17, 15) is 22.8 Å². The summed E-state index contributed by atoms with van der Waals surface area (Å²) >= 11 is 8.20. The third-order valence-corrected chi connectivity index (χ3v) is 7.40. The number of thiazole rings is 1. The molecular formula is C23H29ClF3N3O3S2. The van der Waals surface area contributed by atoms with E-state index in [1.165, 1.54) is 31.6 Å². The number of pyridine rings is 1. The number of aromatic nitrogens is 2. The molecule has 0 aliphatic carbocycles. The number of halogens is 4. The van der Waals surface area contributed by atoms with Crippen LogP contribution in [-0.4, -0.2) is 39.4 Å². The zero-order chi connectivity index (χ0) is 26.1. The second-order valence-corrected chi connectivity index (χ2v) is 11.6. The average Bonchev–Trinajstić information content (AvgIpc) is 3.21. The molecule has 0 bridgehead atoms. The van der Waals surface area contributed by atoms with Crippen LogP contribution in [0.1, 0.15) is 70.3 Å². The van der Waals surface area contributed by atoms with E-state index in [2.05, 4.69) is 26.9 Å². The molecule has 35 heavy (non-hydrogen) atoms. The van der Waals surface area contributed by atoms with Crippen molar-refractivity contribution < 1.29 is 27.5 Å². The summed E-state index contributed by atoms with van der Waals surface area (Å²) in [5.41, 5.74) is 1.71. The molecular weight excluding hydrogens is 523 g/mol. The van der Waals surface area contributed by atoms with Crippen molar-refractivity contribution in [3.8, 4) is 0 Å². The monoisotopic (exact) mass is 551 g/mol. The van der Waals surface area contributed by atoms with Gasteiger partial charge in [0.15, 0.2) is 4.34 Å². The Morgan fingerprint density at radius 1 is 1.20 bits per heavy atom. The molecule has 0 fully saturated rings. The summed E-state index contributed by atoms with van der Waals surface area (Å²) in [4.78, 5) is 31.9. The summed E-state index contributed by atoms with van der Waals surface area (Å²) in [6.07, 6.45) is 2.55. The van der Waals surface area contributed by atoms with E-state index in [-0.39, 0.29) is 6.04 Å². The number of hydrogen-bond donors (Lipinski definition) is 1. The Morgan fingerprint density at radius 3 is 2.57 bits per heavy atom. The van der Waals surface area contributed by atoms with E-state index >= 15 is 0 Å². The Hall–Kier alpha value is -1.69. The topological polar surface area (TPSA) is 81.2 Å². The van der Waals surface area contributed by atoms with Crippen LogP contribution in [0.2, 0.25) is 5.02 Å². The first-order chi connectivity index (χ1) is 16.4. The number of ether oxygens (including phenoxy) is 1. The van der Waals surface area contributed by atoms with Gasteiger partial charge in [0.05, 0.1) is 16.4 Å². The average molecular weight is 552 g/mol. The van der Waals surface area contributed by atoms with Crippen molar-refractivity contribution in [2.75, 3.05) is 6.54 Å². The number of hydrogen-bond acceptors (Lipinski definition) is 8. The van der Waals surface area contributed by atoms with Crippen LogP contribution < -0.4 is 5.32 Å².